The van der Waals surface area contributed by atoms with Crippen molar-refractivity contribution in [1.82, 2.24) is 0 Å². The molecule has 8 heavy (non-hydrogen) atoms. The van der Waals surface area contributed by atoms with E-state index >= 15 is 0 Å². The van der Waals surface area contributed by atoms with Gasteiger partial charge in [0.2, 0.25) is 0 Å². The van der Waals surface area contributed by atoms with Gasteiger partial charge in [0.15, 0.2) is 0 Å². The highest BCUT2D eigenvalue weighted by Crippen LogP contribution is 1.32. The van der Waals surface area contributed by atoms with Gasteiger partial charge in [-0.05, 0) is 6.92 Å². The molecule has 0 bridgehead atoms. The third-order valence-corrected chi connectivity index (χ3v) is 0. The first-order valence-electron chi connectivity index (χ1n) is 1.68. The maximum atomic E-state index is 9.44. The van der Waals surface area contributed by atoms with Gasteiger partial charge in [0.1, 0.15) is 6.29 Å². The molecule has 0 fully saturated rings. The second-order valence-electron chi connectivity index (χ2n) is 0.809. The molecule has 0 aliphatic carbocycles. The third kappa shape index (κ3) is 1300. The molecule has 0 spiro atoms. The lowest BCUT2D eigenvalue weighted by atomic mass is 11.0. The van der Waals surface area contributed by atoms with Crippen molar-refractivity contribution in [3.63, 3.8) is 0 Å². The fourth-order valence-electron chi connectivity index (χ4n) is 0. The Hall–Kier alpha value is -0.310. The Bertz CT molecular complexity index is 86.6. The Morgan fingerprint density at radius 1 is 1.62 bits per heavy atom. The zero-order valence-electron chi connectivity index (χ0n) is 4.51. The van der Waals surface area contributed by atoms with Crippen LogP contribution in [0.25, 0.3) is 0 Å². The van der Waals surface area contributed by atoms with Gasteiger partial charge in [-0.1, -0.05) is 7.43 Å². The van der Waals surface area contributed by atoms with E-state index in [0.717, 1.165) is 6.29 Å². The molecule has 0 unspecified atom stereocenters. The lowest BCUT2D eigenvalue weighted by Gasteiger charge is -1.67. The Balaban J connectivity index is -0.0000000575. The molecule has 0 N–H and O–H groups in total. The molecule has 3 heteroatoms. The first-order chi connectivity index (χ1) is 3.15. The van der Waals surface area contributed by atoms with Crippen LogP contribution in [-0.2, 0) is 19.4 Å². The number of hydrogen-bond donors (Lipinski definition) is 0. The number of hydrogen-bond acceptors (Lipinski definition) is 3. The molecule has 0 aliphatic rings. The highest BCUT2D eigenvalue weighted by atomic mass is 32.2. The largest absolute Gasteiger partial charge is 0.462 e. The smallest absolute Gasteiger partial charge is 0.116 e. The van der Waals surface area contributed by atoms with Gasteiger partial charge in [-0.25, -0.2) is 0 Å². The second kappa shape index (κ2) is 15.9. The van der Waals surface area contributed by atoms with Crippen LogP contribution in [0.2, 0.25) is 0 Å². The van der Waals surface area contributed by atoms with Crippen molar-refractivity contribution in [2.45, 2.75) is 14.4 Å². The monoisotopic (exact) mass is 137 g/mol. The van der Waals surface area contributed by atoms with Crippen molar-refractivity contribution in [2.24, 2.45) is 0 Å². The van der Waals surface area contributed by atoms with E-state index in [-0.39, 0.29) is 7.43 Å². The summed E-state index contributed by atoms with van der Waals surface area (Å²) in [5.41, 5.74) is 0. The van der Waals surface area contributed by atoms with Gasteiger partial charge in [-0.2, -0.15) is 5.87 Å². The fourth-order valence-corrected chi connectivity index (χ4v) is 0. The van der Waals surface area contributed by atoms with Crippen molar-refractivity contribution in [1.29, 1.82) is 0 Å². The first-order valence-corrected chi connectivity index (χ1v) is 3.40. The Labute approximate surface area is 53.0 Å². The molecule has 0 aromatic heterocycles. The van der Waals surface area contributed by atoms with Gasteiger partial charge >= 0.3 is 0 Å². The minimum atomic E-state index is -0.861. The highest BCUT2D eigenvalue weighted by Gasteiger charge is 1.24. The van der Waals surface area contributed by atoms with Gasteiger partial charge < -0.3 is 9.00 Å². The fraction of sp³-hybridized carbons (Fsp3) is 0.600. The van der Waals surface area contributed by atoms with E-state index in [1.807, 2.05) is 0 Å². The van der Waals surface area contributed by atoms with Crippen molar-refractivity contribution in [2.75, 3.05) is 6.26 Å². The maximum Gasteiger partial charge on any atom is 0.116 e. The topological polar surface area (TPSA) is 34.1 Å². The lowest BCUT2D eigenvalue weighted by molar-refractivity contribution is -0.106. The summed E-state index contributed by atoms with van der Waals surface area (Å²) in [5.74, 6) is 3.11. The van der Waals surface area contributed by atoms with Gasteiger partial charge in [0.25, 0.3) is 0 Å². The van der Waals surface area contributed by atoms with Crippen LogP contribution >= 0.6 is 0 Å². The zero-order chi connectivity index (χ0) is 6.28. The quantitative estimate of drug-likeness (QED) is 0.282. The molecule has 0 saturated carbocycles. The van der Waals surface area contributed by atoms with Gasteiger partial charge in [-0.15, -0.1) is 6.26 Å². The van der Waals surface area contributed by atoms with Gasteiger partial charge in [0.05, 0.1) is 0 Å². The number of carbonyl (C=O) groups is 1. The molecular weight excluding hydrogens is 124 g/mol. The molecule has 0 aromatic carbocycles. The summed E-state index contributed by atoms with van der Waals surface area (Å²) in [7, 11) is -0.861. The van der Waals surface area contributed by atoms with E-state index in [9.17, 15) is 4.21 Å². The normalized spacial score (nSPS) is 5.88. The van der Waals surface area contributed by atoms with Crippen LogP contribution < -0.4 is 0 Å². The minimum Gasteiger partial charge on any atom is -0.462 e. The molecule has 0 aliphatic heterocycles. The third-order valence-electron chi connectivity index (χ3n) is 0. The van der Waals surface area contributed by atoms with Crippen LogP contribution in [0.4, 0.5) is 0 Å². The second-order valence-corrected chi connectivity index (χ2v) is 1.96. The SMILES string of the molecule is C.C=[S-](C)=O.CC=O. The average molecular weight is 137 g/mol. The van der Waals surface area contributed by atoms with Gasteiger partial charge in [-0.3, -0.25) is 10.4 Å². The summed E-state index contributed by atoms with van der Waals surface area (Å²) in [6.07, 6.45) is 2.28. The minimum absolute atomic E-state index is 0. The Kier molecular flexibility index (Phi) is 31.1. The summed E-state index contributed by atoms with van der Waals surface area (Å²) in [6.45, 7) is 1.44. The molecule has 0 atom stereocenters. The predicted octanol–water partition coefficient (Wildman–Crippen LogP) is 0.853. The van der Waals surface area contributed by atoms with Crippen LogP contribution in [0.5, 0.6) is 0 Å². The molecular formula is C5H13O2S-. The standard InChI is InChI=1S/C2H5OS.C2H4O.CH4/c1-4(2)3;1-2-3;/h1H2,2H3;2H,1H3;1H4/q-1;;. The summed E-state index contributed by atoms with van der Waals surface area (Å²) in [5, 5.41) is 0. The molecule has 2 nitrogen and oxygen atoms in total. The van der Waals surface area contributed by atoms with E-state index in [0.29, 0.717) is 0 Å². The summed E-state index contributed by atoms with van der Waals surface area (Å²) >= 11 is 0. The van der Waals surface area contributed by atoms with Crippen LogP contribution in [0.15, 0.2) is 0 Å². The molecule has 52 valence electrons. The summed E-state index contributed by atoms with van der Waals surface area (Å²) in [4.78, 5) is 8.81. The van der Waals surface area contributed by atoms with Crippen molar-refractivity contribution < 1.29 is 9.00 Å². The van der Waals surface area contributed by atoms with Crippen LogP contribution in [-0.4, -0.2) is 18.4 Å². The van der Waals surface area contributed by atoms with Crippen molar-refractivity contribution in [3.05, 3.63) is 0 Å². The molecule has 0 aromatic rings. The number of rotatable bonds is 0. The van der Waals surface area contributed by atoms with Crippen molar-refractivity contribution >= 4 is 22.5 Å². The summed E-state index contributed by atoms with van der Waals surface area (Å²) in [6, 6.07) is 0. The summed E-state index contributed by atoms with van der Waals surface area (Å²) < 4.78 is 9.44. The maximum absolute atomic E-state index is 9.44. The lowest BCUT2D eigenvalue weighted by Crippen LogP contribution is -1.52. The molecule has 0 rings (SSSR count). The van der Waals surface area contributed by atoms with E-state index in [4.69, 9.17) is 4.79 Å². The zero-order valence-corrected chi connectivity index (χ0v) is 5.33. The molecule has 0 saturated heterocycles. The van der Waals surface area contributed by atoms with Crippen LogP contribution in [0.1, 0.15) is 14.4 Å². The highest BCUT2D eigenvalue weighted by molar-refractivity contribution is 7.81. The van der Waals surface area contributed by atoms with Crippen molar-refractivity contribution in [3.8, 4) is 0 Å². The number of aldehydes is 1. The molecule has 0 amide bonds. The van der Waals surface area contributed by atoms with E-state index in [1.54, 1.807) is 0 Å². The predicted molar refractivity (Wildman–Crippen MR) is 39.6 cm³/mol. The van der Waals surface area contributed by atoms with Crippen LogP contribution in [0.3, 0.4) is 0 Å². The van der Waals surface area contributed by atoms with E-state index in [2.05, 4.69) is 5.87 Å². The Morgan fingerprint density at radius 3 is 1.62 bits per heavy atom. The molecule has 0 heterocycles. The van der Waals surface area contributed by atoms with Gasteiger partial charge in [0, 0.05) is 0 Å². The Morgan fingerprint density at radius 2 is 1.62 bits per heavy atom. The molecule has 0 radical (unpaired) electrons. The van der Waals surface area contributed by atoms with Crippen LogP contribution in [0, 0.1) is 0 Å². The van der Waals surface area contributed by atoms with E-state index in [1.165, 1.54) is 13.2 Å². The first kappa shape index (κ1) is 15.6. The van der Waals surface area contributed by atoms with E-state index < -0.39 is 10.4 Å². The number of carbonyl (C=O) groups excluding carboxylic acids is 1. The average Bonchev–Trinajstić information content (AvgIpc) is 1.33.